The Morgan fingerprint density at radius 1 is 1.28 bits per heavy atom. The predicted molar refractivity (Wildman–Crippen MR) is 59.7 cm³/mol. The zero-order valence-electron chi connectivity index (χ0n) is 9.49. The number of aromatic nitrogens is 2. The molecule has 3 rings (SSSR count). The van der Waals surface area contributed by atoms with Crippen LogP contribution in [-0.4, -0.2) is 23.2 Å². The van der Waals surface area contributed by atoms with E-state index in [1.807, 2.05) is 0 Å². The minimum atomic E-state index is -0.915. The summed E-state index contributed by atoms with van der Waals surface area (Å²) in [7, 11) is 0. The first-order chi connectivity index (χ1) is 8.72. The highest BCUT2D eigenvalue weighted by Gasteiger charge is 2.20. The molecule has 0 unspecified atom stereocenters. The summed E-state index contributed by atoms with van der Waals surface area (Å²) in [6.07, 6.45) is 0.712. The molecule has 0 amide bonds. The molecular weight excluding hydrogens is 240 g/mol. The third-order valence-corrected chi connectivity index (χ3v) is 2.98. The Labute approximate surface area is 102 Å². The fourth-order valence-corrected chi connectivity index (χ4v) is 1.83. The van der Waals surface area contributed by atoms with Gasteiger partial charge in [-0.3, -0.25) is 0 Å². The Morgan fingerprint density at radius 3 is 2.78 bits per heavy atom. The highest BCUT2D eigenvalue weighted by atomic mass is 19.2. The zero-order valence-corrected chi connectivity index (χ0v) is 9.49. The van der Waals surface area contributed by atoms with Crippen molar-refractivity contribution < 1.29 is 13.3 Å². The van der Waals surface area contributed by atoms with E-state index in [9.17, 15) is 8.78 Å². The number of halogens is 2. The van der Waals surface area contributed by atoms with E-state index in [0.29, 0.717) is 23.8 Å². The van der Waals surface area contributed by atoms with Crippen LogP contribution in [0.25, 0.3) is 11.4 Å². The number of hydrogen-bond acceptors (Lipinski definition) is 4. The van der Waals surface area contributed by atoms with Gasteiger partial charge in [-0.25, -0.2) is 8.78 Å². The van der Waals surface area contributed by atoms with Crippen molar-refractivity contribution in [1.82, 2.24) is 15.5 Å². The topological polar surface area (TPSA) is 51.0 Å². The first-order valence-corrected chi connectivity index (χ1v) is 5.71. The molecule has 6 heteroatoms. The van der Waals surface area contributed by atoms with Gasteiger partial charge < -0.3 is 9.84 Å². The van der Waals surface area contributed by atoms with E-state index in [4.69, 9.17) is 4.52 Å². The fraction of sp³-hybridized carbons (Fsp3) is 0.333. The van der Waals surface area contributed by atoms with E-state index >= 15 is 0 Å². The molecule has 1 aromatic heterocycles. The standard InChI is InChI=1S/C12H11F2N3O/c13-9-2-1-8(4-10(9)14)12-16-11(18-17-12)3-7-5-15-6-7/h1-2,4,7,15H,3,5-6H2. The van der Waals surface area contributed by atoms with Crippen LogP contribution in [0.4, 0.5) is 8.78 Å². The van der Waals surface area contributed by atoms with E-state index < -0.39 is 11.6 Å². The van der Waals surface area contributed by atoms with Gasteiger partial charge in [-0.1, -0.05) is 5.16 Å². The average molecular weight is 251 g/mol. The number of hydrogen-bond donors (Lipinski definition) is 1. The van der Waals surface area contributed by atoms with Crippen molar-refractivity contribution in [3.63, 3.8) is 0 Å². The van der Waals surface area contributed by atoms with Crippen LogP contribution in [-0.2, 0) is 6.42 Å². The van der Waals surface area contributed by atoms with Gasteiger partial charge in [0.1, 0.15) is 0 Å². The van der Waals surface area contributed by atoms with Crippen LogP contribution in [0, 0.1) is 17.6 Å². The van der Waals surface area contributed by atoms with Crippen LogP contribution in [0.1, 0.15) is 5.89 Å². The summed E-state index contributed by atoms with van der Waals surface area (Å²) in [6, 6.07) is 3.55. The average Bonchev–Trinajstić information content (AvgIpc) is 2.76. The third-order valence-electron chi connectivity index (χ3n) is 2.98. The molecule has 1 saturated heterocycles. The molecule has 0 aliphatic carbocycles. The second kappa shape index (κ2) is 4.45. The maximum atomic E-state index is 13.1. The molecule has 0 spiro atoms. The monoisotopic (exact) mass is 251 g/mol. The quantitative estimate of drug-likeness (QED) is 0.903. The van der Waals surface area contributed by atoms with Crippen molar-refractivity contribution in [2.24, 2.45) is 5.92 Å². The maximum absolute atomic E-state index is 13.1. The van der Waals surface area contributed by atoms with Gasteiger partial charge in [0.15, 0.2) is 11.6 Å². The van der Waals surface area contributed by atoms with Crippen LogP contribution in [0.2, 0.25) is 0 Å². The molecule has 2 aromatic rings. The van der Waals surface area contributed by atoms with Crippen LogP contribution < -0.4 is 5.32 Å². The Morgan fingerprint density at radius 2 is 2.11 bits per heavy atom. The van der Waals surface area contributed by atoms with E-state index in [1.165, 1.54) is 6.07 Å². The summed E-state index contributed by atoms with van der Waals surface area (Å²) in [6.45, 7) is 1.89. The van der Waals surface area contributed by atoms with Gasteiger partial charge >= 0.3 is 0 Å². The molecule has 1 N–H and O–H groups in total. The summed E-state index contributed by atoms with van der Waals surface area (Å²) in [5.41, 5.74) is 0.413. The Kier molecular flexibility index (Phi) is 2.79. The van der Waals surface area contributed by atoms with Crippen molar-refractivity contribution in [3.8, 4) is 11.4 Å². The molecule has 1 aliphatic rings. The minimum Gasteiger partial charge on any atom is -0.339 e. The lowest BCUT2D eigenvalue weighted by Crippen LogP contribution is -2.43. The minimum absolute atomic E-state index is 0.288. The van der Waals surface area contributed by atoms with Crippen molar-refractivity contribution in [2.75, 3.05) is 13.1 Å². The Balaban J connectivity index is 1.80. The summed E-state index contributed by atoms with van der Waals surface area (Å²) >= 11 is 0. The molecule has 4 nitrogen and oxygen atoms in total. The lowest BCUT2D eigenvalue weighted by atomic mass is 10.00. The van der Waals surface area contributed by atoms with Gasteiger partial charge in [-0.15, -0.1) is 0 Å². The van der Waals surface area contributed by atoms with Crippen LogP contribution >= 0.6 is 0 Å². The van der Waals surface area contributed by atoms with Crippen molar-refractivity contribution in [3.05, 3.63) is 35.7 Å². The molecule has 0 atom stereocenters. The number of nitrogens with zero attached hydrogens (tertiary/aromatic N) is 2. The van der Waals surface area contributed by atoms with E-state index in [0.717, 1.165) is 25.2 Å². The van der Waals surface area contributed by atoms with Crippen molar-refractivity contribution in [1.29, 1.82) is 0 Å². The smallest absolute Gasteiger partial charge is 0.227 e. The van der Waals surface area contributed by atoms with Crippen molar-refractivity contribution in [2.45, 2.75) is 6.42 Å². The van der Waals surface area contributed by atoms with E-state index in [1.54, 1.807) is 0 Å². The molecule has 94 valence electrons. The molecule has 0 radical (unpaired) electrons. The summed E-state index contributed by atoms with van der Waals surface area (Å²) in [5.74, 6) is -0.467. The van der Waals surface area contributed by atoms with Gasteiger partial charge in [0, 0.05) is 12.0 Å². The second-order valence-electron chi connectivity index (χ2n) is 4.37. The maximum Gasteiger partial charge on any atom is 0.227 e. The molecule has 2 heterocycles. The largest absolute Gasteiger partial charge is 0.339 e. The zero-order chi connectivity index (χ0) is 12.5. The third kappa shape index (κ3) is 2.11. The molecule has 1 aromatic carbocycles. The number of nitrogens with one attached hydrogen (secondary N) is 1. The predicted octanol–water partition coefficient (Wildman–Crippen LogP) is 1.78. The summed E-state index contributed by atoms with van der Waals surface area (Å²) < 4.78 is 31.0. The van der Waals surface area contributed by atoms with Crippen LogP contribution in [0.5, 0.6) is 0 Å². The molecule has 0 saturated carbocycles. The van der Waals surface area contributed by atoms with Gasteiger partial charge in [0.25, 0.3) is 0 Å². The van der Waals surface area contributed by atoms with E-state index in [2.05, 4.69) is 15.5 Å². The second-order valence-corrected chi connectivity index (χ2v) is 4.37. The Bertz CT molecular complexity index is 566. The fourth-order valence-electron chi connectivity index (χ4n) is 1.83. The highest BCUT2D eigenvalue weighted by molar-refractivity contribution is 5.54. The van der Waals surface area contributed by atoms with Gasteiger partial charge in [0.2, 0.25) is 11.7 Å². The molecule has 0 bridgehead atoms. The van der Waals surface area contributed by atoms with Gasteiger partial charge in [0.05, 0.1) is 0 Å². The van der Waals surface area contributed by atoms with Crippen LogP contribution in [0.3, 0.4) is 0 Å². The summed E-state index contributed by atoms with van der Waals surface area (Å²) in [4.78, 5) is 4.18. The molecule has 18 heavy (non-hydrogen) atoms. The van der Waals surface area contributed by atoms with Gasteiger partial charge in [-0.05, 0) is 37.2 Å². The SMILES string of the molecule is Fc1ccc(-c2noc(CC3CNC3)n2)cc1F. The molecule has 1 fully saturated rings. The number of rotatable bonds is 3. The highest BCUT2D eigenvalue weighted by Crippen LogP contribution is 2.20. The molecule has 1 aliphatic heterocycles. The lowest BCUT2D eigenvalue weighted by Gasteiger charge is -2.25. The Hall–Kier alpha value is -1.82. The van der Waals surface area contributed by atoms with Crippen molar-refractivity contribution >= 4 is 0 Å². The first-order valence-electron chi connectivity index (χ1n) is 5.71. The first kappa shape index (κ1) is 11.3. The molecular formula is C12H11F2N3O. The van der Waals surface area contributed by atoms with E-state index in [-0.39, 0.29) is 5.82 Å². The normalized spacial score (nSPS) is 15.7. The number of benzene rings is 1. The summed E-state index contributed by atoms with van der Waals surface area (Å²) in [5, 5.41) is 6.93. The van der Waals surface area contributed by atoms with Crippen LogP contribution in [0.15, 0.2) is 22.7 Å². The lowest BCUT2D eigenvalue weighted by molar-refractivity contribution is 0.296. The van der Waals surface area contributed by atoms with Gasteiger partial charge in [-0.2, -0.15) is 4.98 Å².